The highest BCUT2D eigenvalue weighted by Gasteiger charge is 2.26. The highest BCUT2D eigenvalue weighted by Crippen LogP contribution is 2.30. The van der Waals surface area contributed by atoms with Crippen molar-refractivity contribution in [1.82, 2.24) is 9.80 Å². The average Bonchev–Trinajstić information content (AvgIpc) is 3.22. The highest BCUT2D eigenvalue weighted by atomic mass is 32.1. The van der Waals surface area contributed by atoms with Gasteiger partial charge in [-0.25, -0.2) is 4.79 Å². The van der Waals surface area contributed by atoms with Gasteiger partial charge in [-0.2, -0.15) is 0 Å². The first-order chi connectivity index (χ1) is 14.6. The van der Waals surface area contributed by atoms with Crippen LogP contribution in [-0.4, -0.2) is 73.6 Å². The normalized spacial score (nSPS) is 16.0. The number of piperazine rings is 1. The summed E-state index contributed by atoms with van der Waals surface area (Å²) in [6, 6.07) is 8.47. The monoisotopic (exact) mass is 430 g/mol. The van der Waals surface area contributed by atoms with Crippen LogP contribution in [0.1, 0.15) is 26.5 Å². The number of fused-ring (bicyclic) bond motifs is 1. The van der Waals surface area contributed by atoms with Crippen molar-refractivity contribution >= 4 is 29.1 Å². The minimum Gasteiger partial charge on any atom is -0.490 e. The van der Waals surface area contributed by atoms with Crippen LogP contribution in [0.15, 0.2) is 35.7 Å². The van der Waals surface area contributed by atoms with Crippen LogP contribution >= 0.6 is 11.3 Å². The number of rotatable bonds is 4. The molecule has 2 amide bonds. The van der Waals surface area contributed by atoms with Gasteiger partial charge < -0.3 is 24.0 Å². The maximum atomic E-state index is 12.4. The van der Waals surface area contributed by atoms with Gasteiger partial charge in [-0.3, -0.25) is 9.59 Å². The second-order valence-corrected chi connectivity index (χ2v) is 7.89. The molecule has 0 atom stereocenters. The van der Waals surface area contributed by atoms with Gasteiger partial charge in [0.1, 0.15) is 0 Å². The van der Waals surface area contributed by atoms with E-state index in [9.17, 15) is 14.4 Å². The van der Waals surface area contributed by atoms with Crippen molar-refractivity contribution in [3.05, 3.63) is 46.2 Å². The molecule has 2 aliphatic heterocycles. The lowest BCUT2D eigenvalue weighted by Gasteiger charge is -2.34. The molecule has 4 rings (SSSR count). The number of thiophene rings is 1. The van der Waals surface area contributed by atoms with E-state index in [2.05, 4.69) is 0 Å². The summed E-state index contributed by atoms with van der Waals surface area (Å²) in [5, 5.41) is 1.87. The molecular formula is C21H22N2O6S. The number of amides is 2. The molecule has 1 aromatic heterocycles. The molecule has 0 aliphatic carbocycles. The van der Waals surface area contributed by atoms with E-state index < -0.39 is 5.97 Å². The van der Waals surface area contributed by atoms with E-state index in [1.54, 1.807) is 34.1 Å². The third-order valence-corrected chi connectivity index (χ3v) is 5.82. The lowest BCUT2D eigenvalue weighted by molar-refractivity contribution is -0.136. The maximum Gasteiger partial charge on any atom is 0.338 e. The molecule has 30 heavy (non-hydrogen) atoms. The Morgan fingerprint density at radius 2 is 1.70 bits per heavy atom. The Labute approximate surface area is 177 Å². The Morgan fingerprint density at radius 3 is 2.43 bits per heavy atom. The van der Waals surface area contributed by atoms with Crippen LogP contribution in [0.5, 0.6) is 11.5 Å². The number of hydrogen-bond acceptors (Lipinski definition) is 7. The first-order valence-electron chi connectivity index (χ1n) is 9.79. The highest BCUT2D eigenvalue weighted by molar-refractivity contribution is 7.12. The molecule has 0 bridgehead atoms. The zero-order chi connectivity index (χ0) is 20.9. The summed E-state index contributed by atoms with van der Waals surface area (Å²) < 4.78 is 16.3. The lowest BCUT2D eigenvalue weighted by Crippen LogP contribution is -2.51. The molecule has 2 aliphatic rings. The van der Waals surface area contributed by atoms with Crippen LogP contribution in [-0.2, 0) is 9.53 Å². The number of carbonyl (C=O) groups excluding carboxylic acids is 3. The average molecular weight is 430 g/mol. The van der Waals surface area contributed by atoms with Crippen LogP contribution < -0.4 is 9.47 Å². The molecule has 0 spiro atoms. The van der Waals surface area contributed by atoms with Crippen molar-refractivity contribution in [2.45, 2.75) is 6.42 Å². The van der Waals surface area contributed by atoms with Gasteiger partial charge in [-0.15, -0.1) is 11.3 Å². The van der Waals surface area contributed by atoms with Crippen LogP contribution in [0.3, 0.4) is 0 Å². The molecule has 0 N–H and O–H groups in total. The van der Waals surface area contributed by atoms with Gasteiger partial charge in [0.2, 0.25) is 0 Å². The SMILES string of the molecule is O=C(OCC(=O)N1CCN(C(=O)c2cccs2)CC1)c1ccc2c(c1)OCCCO2. The van der Waals surface area contributed by atoms with Gasteiger partial charge in [0, 0.05) is 32.6 Å². The minimum absolute atomic E-state index is 0.0158. The van der Waals surface area contributed by atoms with E-state index in [1.807, 2.05) is 11.4 Å². The topological polar surface area (TPSA) is 85.4 Å². The van der Waals surface area contributed by atoms with Gasteiger partial charge in [0.05, 0.1) is 23.7 Å². The predicted molar refractivity (Wildman–Crippen MR) is 109 cm³/mol. The lowest BCUT2D eigenvalue weighted by atomic mass is 10.2. The van der Waals surface area contributed by atoms with Crippen molar-refractivity contribution in [2.75, 3.05) is 46.0 Å². The Kier molecular flexibility index (Phi) is 6.18. The molecule has 1 aromatic carbocycles. The molecule has 0 radical (unpaired) electrons. The third-order valence-electron chi connectivity index (χ3n) is 4.96. The molecule has 158 valence electrons. The molecule has 1 saturated heterocycles. The van der Waals surface area contributed by atoms with E-state index in [4.69, 9.17) is 14.2 Å². The smallest absolute Gasteiger partial charge is 0.338 e. The van der Waals surface area contributed by atoms with E-state index in [0.717, 1.165) is 6.42 Å². The van der Waals surface area contributed by atoms with Gasteiger partial charge in [-0.05, 0) is 29.6 Å². The number of nitrogens with zero attached hydrogens (tertiary/aromatic N) is 2. The van der Waals surface area contributed by atoms with Crippen molar-refractivity contribution in [1.29, 1.82) is 0 Å². The van der Waals surface area contributed by atoms with Crippen LogP contribution in [0.4, 0.5) is 0 Å². The largest absolute Gasteiger partial charge is 0.490 e. The van der Waals surface area contributed by atoms with Crippen LogP contribution in [0.25, 0.3) is 0 Å². The second kappa shape index (κ2) is 9.17. The summed E-state index contributed by atoms with van der Waals surface area (Å²) in [5.41, 5.74) is 0.304. The number of carbonyl (C=O) groups is 3. The number of esters is 1. The fraction of sp³-hybridized carbons (Fsp3) is 0.381. The predicted octanol–water partition coefficient (Wildman–Crippen LogP) is 2.05. The van der Waals surface area contributed by atoms with Crippen molar-refractivity contribution in [2.24, 2.45) is 0 Å². The minimum atomic E-state index is -0.592. The molecule has 3 heterocycles. The molecular weight excluding hydrogens is 408 g/mol. The molecule has 8 nitrogen and oxygen atoms in total. The Balaban J connectivity index is 1.26. The molecule has 0 saturated carbocycles. The van der Waals surface area contributed by atoms with E-state index >= 15 is 0 Å². The fourth-order valence-electron chi connectivity index (χ4n) is 3.31. The molecule has 2 aromatic rings. The van der Waals surface area contributed by atoms with Crippen molar-refractivity contribution in [3.8, 4) is 11.5 Å². The number of benzene rings is 1. The summed E-state index contributed by atoms with van der Waals surface area (Å²) in [5.74, 6) is 0.208. The number of ether oxygens (including phenoxy) is 3. The summed E-state index contributed by atoms with van der Waals surface area (Å²) in [4.78, 5) is 41.2. The first kappa shape index (κ1) is 20.2. The van der Waals surface area contributed by atoms with E-state index in [0.29, 0.717) is 61.3 Å². The maximum absolute atomic E-state index is 12.4. The van der Waals surface area contributed by atoms with E-state index in [-0.39, 0.29) is 18.4 Å². The summed E-state index contributed by atoms with van der Waals surface area (Å²) in [7, 11) is 0. The van der Waals surface area contributed by atoms with Gasteiger partial charge in [0.25, 0.3) is 11.8 Å². The first-order valence-corrected chi connectivity index (χ1v) is 10.7. The van der Waals surface area contributed by atoms with Crippen molar-refractivity contribution < 1.29 is 28.6 Å². The van der Waals surface area contributed by atoms with Crippen LogP contribution in [0.2, 0.25) is 0 Å². The quantitative estimate of drug-likeness (QED) is 0.691. The zero-order valence-corrected chi connectivity index (χ0v) is 17.2. The van der Waals surface area contributed by atoms with E-state index in [1.165, 1.54) is 11.3 Å². The van der Waals surface area contributed by atoms with Gasteiger partial charge in [-0.1, -0.05) is 6.07 Å². The van der Waals surface area contributed by atoms with Gasteiger partial charge >= 0.3 is 5.97 Å². The molecule has 1 fully saturated rings. The summed E-state index contributed by atoms with van der Waals surface area (Å²) >= 11 is 1.40. The second-order valence-electron chi connectivity index (χ2n) is 6.94. The van der Waals surface area contributed by atoms with Gasteiger partial charge in [0.15, 0.2) is 18.1 Å². The zero-order valence-electron chi connectivity index (χ0n) is 16.4. The van der Waals surface area contributed by atoms with Crippen molar-refractivity contribution in [3.63, 3.8) is 0 Å². The Bertz CT molecular complexity index is 922. The third kappa shape index (κ3) is 4.56. The van der Waals surface area contributed by atoms with Crippen LogP contribution in [0, 0.1) is 0 Å². The Hall–Kier alpha value is -3.07. The number of hydrogen-bond donors (Lipinski definition) is 0. The Morgan fingerprint density at radius 1 is 0.967 bits per heavy atom. The molecule has 0 unspecified atom stereocenters. The summed E-state index contributed by atoms with van der Waals surface area (Å²) in [6.07, 6.45) is 0.773. The standard InChI is InChI=1S/C21H22N2O6S/c24-19(22-6-8-23(9-7-22)20(25)18-3-1-12-30-18)14-29-21(26)15-4-5-16-17(13-15)28-11-2-10-27-16/h1,3-5,12-13H,2,6-11,14H2. The fourth-order valence-corrected chi connectivity index (χ4v) is 4.00. The molecule has 9 heteroatoms. The summed E-state index contributed by atoms with van der Waals surface area (Å²) in [6.45, 7) is 2.49.